The number of hydrogen-bond donors (Lipinski definition) is 2. The first-order valence-electron chi connectivity index (χ1n) is 5.88. The summed E-state index contributed by atoms with van der Waals surface area (Å²) in [6.07, 6.45) is 0. The molecular formula is C13H19N3O3. The molecule has 1 heterocycles. The number of aliphatic carboxylic acids is 1. The van der Waals surface area contributed by atoms with Crippen molar-refractivity contribution in [3.05, 3.63) is 23.5 Å². The van der Waals surface area contributed by atoms with E-state index in [1.165, 1.54) is 20.9 Å². The van der Waals surface area contributed by atoms with Crippen molar-refractivity contribution in [1.29, 1.82) is 0 Å². The van der Waals surface area contributed by atoms with Crippen LogP contribution in [0.2, 0.25) is 0 Å². The summed E-state index contributed by atoms with van der Waals surface area (Å²) in [5, 5.41) is 11.7. The highest BCUT2D eigenvalue weighted by atomic mass is 16.4. The van der Waals surface area contributed by atoms with Crippen molar-refractivity contribution in [2.45, 2.75) is 33.2 Å². The summed E-state index contributed by atoms with van der Waals surface area (Å²) in [7, 11) is 1.44. The molecule has 19 heavy (non-hydrogen) atoms. The molecule has 0 saturated carbocycles. The van der Waals surface area contributed by atoms with Crippen LogP contribution < -0.4 is 5.32 Å². The van der Waals surface area contributed by atoms with Crippen LogP contribution in [0.4, 0.5) is 10.5 Å². The van der Waals surface area contributed by atoms with Gasteiger partial charge in [-0.15, -0.1) is 0 Å². The molecule has 0 aromatic carbocycles. The molecule has 0 unspecified atom stereocenters. The van der Waals surface area contributed by atoms with Crippen LogP contribution in [-0.2, 0) is 4.79 Å². The van der Waals surface area contributed by atoms with E-state index in [0.29, 0.717) is 11.4 Å². The smallest absolute Gasteiger partial charge is 0.329 e. The van der Waals surface area contributed by atoms with Gasteiger partial charge in [-0.05, 0) is 39.8 Å². The largest absolute Gasteiger partial charge is 0.480 e. The predicted octanol–water partition coefficient (Wildman–Crippen LogP) is 2.03. The summed E-state index contributed by atoms with van der Waals surface area (Å²) >= 11 is 0. The third-order valence-corrected chi connectivity index (χ3v) is 3.13. The molecule has 1 rings (SSSR count). The quantitative estimate of drug-likeness (QED) is 0.876. The molecule has 0 spiro atoms. The van der Waals surface area contributed by atoms with Crippen molar-refractivity contribution < 1.29 is 14.7 Å². The number of likely N-dealkylation sites (N-methyl/N-ethyl adjacent to an activating group) is 1. The molecule has 6 nitrogen and oxygen atoms in total. The van der Waals surface area contributed by atoms with Gasteiger partial charge in [0.2, 0.25) is 0 Å². The number of nitrogens with one attached hydrogen (secondary N) is 1. The molecule has 1 aromatic heterocycles. The third-order valence-electron chi connectivity index (χ3n) is 3.13. The summed E-state index contributed by atoms with van der Waals surface area (Å²) in [4.78, 5) is 28.5. The van der Waals surface area contributed by atoms with Crippen LogP contribution in [0.1, 0.15) is 25.2 Å². The number of pyridine rings is 1. The molecule has 2 N–H and O–H groups in total. The van der Waals surface area contributed by atoms with Crippen molar-refractivity contribution >= 4 is 17.7 Å². The molecule has 0 fully saturated rings. The van der Waals surface area contributed by atoms with Gasteiger partial charge in [0, 0.05) is 12.7 Å². The normalized spacial score (nSPS) is 11.0. The lowest BCUT2D eigenvalue weighted by atomic mass is 10.1. The van der Waals surface area contributed by atoms with Gasteiger partial charge in [-0.2, -0.15) is 0 Å². The maximum absolute atomic E-state index is 12.0. The minimum atomic E-state index is -1.28. The standard InChI is InChI=1S/C13H19N3O3/c1-8-6-7-10(9(2)14-8)15-12(19)16(5)13(3,4)11(17)18/h6-7H,1-5H3,(H,15,19)(H,17,18). The summed E-state index contributed by atoms with van der Waals surface area (Å²) in [5.74, 6) is -1.07. The van der Waals surface area contributed by atoms with Gasteiger partial charge in [-0.3, -0.25) is 4.98 Å². The molecule has 0 bridgehead atoms. The molecule has 1 aromatic rings. The fourth-order valence-corrected chi connectivity index (χ4v) is 1.42. The number of anilines is 1. The maximum Gasteiger partial charge on any atom is 0.329 e. The van der Waals surface area contributed by atoms with Gasteiger partial charge in [0.1, 0.15) is 5.54 Å². The topological polar surface area (TPSA) is 82.5 Å². The lowest BCUT2D eigenvalue weighted by Crippen LogP contribution is -2.52. The lowest BCUT2D eigenvalue weighted by Gasteiger charge is -2.31. The maximum atomic E-state index is 12.0. The zero-order valence-corrected chi connectivity index (χ0v) is 11.8. The van der Waals surface area contributed by atoms with Gasteiger partial charge < -0.3 is 15.3 Å². The average Bonchev–Trinajstić information content (AvgIpc) is 2.31. The summed E-state index contributed by atoms with van der Waals surface area (Å²) < 4.78 is 0. The molecule has 0 saturated heterocycles. The Hall–Kier alpha value is -2.11. The molecule has 104 valence electrons. The Morgan fingerprint density at radius 2 is 1.89 bits per heavy atom. The van der Waals surface area contributed by atoms with E-state index in [-0.39, 0.29) is 0 Å². The zero-order chi connectivity index (χ0) is 14.8. The SMILES string of the molecule is Cc1ccc(NC(=O)N(C)C(C)(C)C(=O)O)c(C)n1. The number of nitrogens with zero attached hydrogens (tertiary/aromatic N) is 2. The monoisotopic (exact) mass is 265 g/mol. The van der Waals surface area contributed by atoms with Crippen LogP contribution in [0.3, 0.4) is 0 Å². The molecule has 0 aliphatic carbocycles. The number of rotatable bonds is 3. The minimum Gasteiger partial charge on any atom is -0.480 e. The van der Waals surface area contributed by atoms with Crippen molar-refractivity contribution in [3.8, 4) is 0 Å². The van der Waals surface area contributed by atoms with Gasteiger partial charge >= 0.3 is 12.0 Å². The molecule has 2 amide bonds. The van der Waals surface area contributed by atoms with Gasteiger partial charge in [0.15, 0.2) is 0 Å². The van der Waals surface area contributed by atoms with E-state index in [0.717, 1.165) is 10.6 Å². The van der Waals surface area contributed by atoms with Gasteiger partial charge in [0.25, 0.3) is 0 Å². The molecular weight excluding hydrogens is 246 g/mol. The minimum absolute atomic E-state index is 0.485. The first-order chi connectivity index (χ1) is 8.66. The van der Waals surface area contributed by atoms with Crippen molar-refractivity contribution in [1.82, 2.24) is 9.88 Å². The van der Waals surface area contributed by atoms with Crippen molar-refractivity contribution in [3.63, 3.8) is 0 Å². The average molecular weight is 265 g/mol. The van der Waals surface area contributed by atoms with Gasteiger partial charge in [0.05, 0.1) is 11.4 Å². The number of aryl methyl sites for hydroxylation is 2. The van der Waals surface area contributed by atoms with Crippen LogP contribution in [0.25, 0.3) is 0 Å². The second-order valence-electron chi connectivity index (χ2n) is 4.94. The van der Waals surface area contributed by atoms with Crippen LogP contribution in [-0.4, -0.2) is 39.6 Å². The number of carboxylic acid groups (broad SMARTS) is 1. The Kier molecular flexibility index (Phi) is 4.14. The number of carboxylic acids is 1. The lowest BCUT2D eigenvalue weighted by molar-refractivity contribution is -0.146. The van der Waals surface area contributed by atoms with Crippen LogP contribution >= 0.6 is 0 Å². The Labute approximate surface area is 112 Å². The highest BCUT2D eigenvalue weighted by molar-refractivity contribution is 5.93. The van der Waals surface area contributed by atoms with Gasteiger partial charge in [-0.1, -0.05) is 0 Å². The van der Waals surface area contributed by atoms with Crippen LogP contribution in [0.15, 0.2) is 12.1 Å². The van der Waals surface area contributed by atoms with Crippen LogP contribution in [0, 0.1) is 13.8 Å². The van der Waals surface area contributed by atoms with Gasteiger partial charge in [-0.25, -0.2) is 9.59 Å². The van der Waals surface area contributed by atoms with E-state index in [1.54, 1.807) is 19.1 Å². The molecule has 0 aliphatic rings. The highest BCUT2D eigenvalue weighted by Gasteiger charge is 2.35. The first-order valence-corrected chi connectivity index (χ1v) is 5.88. The fourth-order valence-electron chi connectivity index (χ4n) is 1.42. The molecule has 0 radical (unpaired) electrons. The molecule has 0 atom stereocenters. The Morgan fingerprint density at radius 1 is 1.32 bits per heavy atom. The second kappa shape index (κ2) is 5.26. The van der Waals surface area contributed by atoms with Crippen molar-refractivity contribution in [2.24, 2.45) is 0 Å². The third kappa shape index (κ3) is 3.21. The van der Waals surface area contributed by atoms with E-state index >= 15 is 0 Å². The molecule has 6 heteroatoms. The zero-order valence-electron chi connectivity index (χ0n) is 11.8. The predicted molar refractivity (Wildman–Crippen MR) is 72.2 cm³/mol. The Bertz CT molecular complexity index is 512. The second-order valence-corrected chi connectivity index (χ2v) is 4.94. The summed E-state index contributed by atoms with van der Waals surface area (Å²) in [6, 6.07) is 3.04. The van der Waals surface area contributed by atoms with E-state index in [1.807, 2.05) is 6.92 Å². The number of hydrogen-bond acceptors (Lipinski definition) is 3. The first kappa shape index (κ1) is 14.9. The summed E-state index contributed by atoms with van der Waals surface area (Å²) in [6.45, 7) is 6.58. The molecule has 0 aliphatic heterocycles. The Morgan fingerprint density at radius 3 is 2.37 bits per heavy atom. The highest BCUT2D eigenvalue weighted by Crippen LogP contribution is 2.17. The number of carbonyl (C=O) groups excluding carboxylic acids is 1. The van der Waals surface area contributed by atoms with E-state index in [2.05, 4.69) is 10.3 Å². The Balaban J connectivity index is 2.88. The number of aromatic nitrogens is 1. The fraction of sp³-hybridized carbons (Fsp3) is 0.462. The van der Waals surface area contributed by atoms with E-state index in [4.69, 9.17) is 5.11 Å². The van der Waals surface area contributed by atoms with Crippen LogP contribution in [0.5, 0.6) is 0 Å². The van der Waals surface area contributed by atoms with Crippen molar-refractivity contribution in [2.75, 3.05) is 12.4 Å². The van der Waals surface area contributed by atoms with E-state index < -0.39 is 17.5 Å². The number of urea groups is 1. The summed E-state index contributed by atoms with van der Waals surface area (Å²) in [5.41, 5.74) is 0.837. The number of amides is 2. The number of carbonyl (C=O) groups is 2. The van der Waals surface area contributed by atoms with E-state index in [9.17, 15) is 9.59 Å².